The van der Waals surface area contributed by atoms with Gasteiger partial charge in [0.15, 0.2) is 5.82 Å². The maximum atomic E-state index is 13.3. The lowest BCUT2D eigenvalue weighted by Crippen LogP contribution is -2.43. The fourth-order valence-electron chi connectivity index (χ4n) is 4.20. The average molecular weight is 526 g/mol. The van der Waals surface area contributed by atoms with Crippen LogP contribution in [0, 0.1) is 11.3 Å². The first-order chi connectivity index (χ1) is 17.3. The van der Waals surface area contributed by atoms with Crippen LogP contribution >= 0.6 is 0 Å². The van der Waals surface area contributed by atoms with Gasteiger partial charge in [0, 0.05) is 24.3 Å². The summed E-state index contributed by atoms with van der Waals surface area (Å²) in [4.78, 5) is 20.2. The predicted molar refractivity (Wildman–Crippen MR) is 143 cm³/mol. The van der Waals surface area contributed by atoms with Gasteiger partial charge in [-0.25, -0.2) is 22.8 Å². The molecule has 0 radical (unpaired) electrons. The van der Waals surface area contributed by atoms with E-state index in [-0.39, 0.29) is 21.4 Å². The lowest BCUT2D eigenvalue weighted by molar-refractivity contribution is 0.0981. The van der Waals surface area contributed by atoms with E-state index in [0.29, 0.717) is 36.6 Å². The van der Waals surface area contributed by atoms with Gasteiger partial charge in [0.2, 0.25) is 5.88 Å². The molecule has 0 spiro atoms. The number of ether oxygens (including phenoxy) is 1. The van der Waals surface area contributed by atoms with Crippen molar-refractivity contribution < 1.29 is 17.9 Å². The number of carbonyl (C=O) groups excluding carboxylic acids is 1. The van der Waals surface area contributed by atoms with Crippen molar-refractivity contribution in [2.45, 2.75) is 58.4 Å². The molecule has 1 aromatic carbocycles. The molecule has 198 valence electrons. The lowest BCUT2D eigenvalue weighted by Gasteiger charge is -2.36. The summed E-state index contributed by atoms with van der Waals surface area (Å²) in [5.74, 6) is 1.01. The number of aromatic nitrogens is 3. The molecule has 4 rings (SSSR count). The van der Waals surface area contributed by atoms with Crippen LogP contribution in [0.5, 0.6) is 5.88 Å². The van der Waals surface area contributed by atoms with E-state index >= 15 is 0 Å². The van der Waals surface area contributed by atoms with Crippen LogP contribution in [0.3, 0.4) is 0 Å². The summed E-state index contributed by atoms with van der Waals surface area (Å²) in [6.07, 6.45) is 2.68. The summed E-state index contributed by atoms with van der Waals surface area (Å²) < 4.78 is 35.3. The molecule has 9 nitrogen and oxygen atoms in total. The number of rotatable bonds is 7. The Kier molecular flexibility index (Phi) is 7.07. The third-order valence-electron chi connectivity index (χ3n) is 6.78. The second-order valence-electron chi connectivity index (χ2n) is 11.2. The highest BCUT2D eigenvalue weighted by molar-refractivity contribution is 7.90. The Hall–Kier alpha value is -3.40. The zero-order valence-electron chi connectivity index (χ0n) is 22.2. The Morgan fingerprint density at radius 3 is 2.46 bits per heavy atom. The molecule has 1 aliphatic heterocycles. The first kappa shape index (κ1) is 26.7. The maximum absolute atomic E-state index is 13.3. The number of benzene rings is 1. The van der Waals surface area contributed by atoms with E-state index < -0.39 is 15.9 Å². The van der Waals surface area contributed by atoms with Crippen LogP contribution < -0.4 is 14.4 Å². The van der Waals surface area contributed by atoms with Crippen LogP contribution in [0.1, 0.15) is 58.3 Å². The third-order valence-corrected chi connectivity index (χ3v) is 8.13. The third kappa shape index (κ3) is 5.79. The summed E-state index contributed by atoms with van der Waals surface area (Å²) in [7, 11) is -4.04. The van der Waals surface area contributed by atoms with Crippen LogP contribution in [0.4, 0.5) is 5.82 Å². The molecule has 2 aromatic heterocycles. The van der Waals surface area contributed by atoms with Gasteiger partial charge in [-0.3, -0.25) is 4.79 Å². The fourth-order valence-corrected chi connectivity index (χ4v) is 5.18. The first-order valence-corrected chi connectivity index (χ1v) is 13.9. The molecular formula is C27H35N5O4S. The van der Waals surface area contributed by atoms with Gasteiger partial charge in [0.25, 0.3) is 15.9 Å². The monoisotopic (exact) mass is 525 g/mol. The molecule has 1 amide bonds. The average Bonchev–Trinajstić information content (AvgIpc) is 3.41. The SMILES string of the molecule is CC1CCN(c2nc(-n3ccc(OCC(C)(C)C)n3)ccc2C(=O)NS(=O)(=O)c2ccccc2)C1(C)C. The van der Waals surface area contributed by atoms with Gasteiger partial charge in [-0.15, -0.1) is 5.10 Å². The largest absolute Gasteiger partial charge is 0.476 e. The second kappa shape index (κ2) is 9.81. The highest BCUT2D eigenvalue weighted by atomic mass is 32.2. The molecule has 0 bridgehead atoms. The van der Waals surface area contributed by atoms with E-state index in [4.69, 9.17) is 9.72 Å². The van der Waals surface area contributed by atoms with E-state index in [0.717, 1.165) is 6.42 Å². The molecule has 1 N–H and O–H groups in total. The van der Waals surface area contributed by atoms with Crippen molar-refractivity contribution in [3.63, 3.8) is 0 Å². The summed E-state index contributed by atoms with van der Waals surface area (Å²) in [5, 5.41) is 4.49. The predicted octanol–water partition coefficient (Wildman–Crippen LogP) is 4.44. The minimum absolute atomic E-state index is 0.0116. The van der Waals surface area contributed by atoms with E-state index in [9.17, 15) is 13.2 Å². The number of anilines is 1. The zero-order chi connectivity index (χ0) is 27.0. The van der Waals surface area contributed by atoms with Crippen molar-refractivity contribution in [1.29, 1.82) is 0 Å². The molecule has 1 fully saturated rings. The summed E-state index contributed by atoms with van der Waals surface area (Å²) in [6, 6.07) is 12.8. The quantitative estimate of drug-likeness (QED) is 0.486. The zero-order valence-corrected chi connectivity index (χ0v) is 23.0. The van der Waals surface area contributed by atoms with Crippen LogP contribution in [0.15, 0.2) is 59.6 Å². The van der Waals surface area contributed by atoms with Crippen molar-refractivity contribution in [1.82, 2.24) is 19.5 Å². The molecule has 1 atom stereocenters. The highest BCUT2D eigenvalue weighted by Gasteiger charge is 2.41. The standard InChI is InChI=1S/C27H35N5O4S/c1-19-14-16-31(27(19,5)6)24-21(25(33)30-37(34,35)20-10-8-7-9-11-20)12-13-22(28-24)32-17-15-23(29-32)36-18-26(2,3)4/h7-13,15,17,19H,14,16,18H2,1-6H3,(H,30,33). The van der Waals surface area contributed by atoms with Crippen LogP contribution in [0.25, 0.3) is 5.82 Å². The molecule has 1 aliphatic rings. The van der Waals surface area contributed by atoms with Crippen molar-refractivity contribution >= 4 is 21.7 Å². The smallest absolute Gasteiger partial charge is 0.268 e. The Balaban J connectivity index is 1.70. The number of hydrogen-bond acceptors (Lipinski definition) is 7. The molecular weight excluding hydrogens is 490 g/mol. The molecule has 3 aromatic rings. The second-order valence-corrected chi connectivity index (χ2v) is 12.9. The minimum Gasteiger partial charge on any atom is -0.476 e. The van der Waals surface area contributed by atoms with E-state index in [1.165, 1.54) is 12.1 Å². The van der Waals surface area contributed by atoms with Crippen molar-refractivity contribution in [2.75, 3.05) is 18.1 Å². The summed E-state index contributed by atoms with van der Waals surface area (Å²) in [6.45, 7) is 13.8. The molecule has 1 unspecified atom stereocenters. The van der Waals surface area contributed by atoms with Gasteiger partial charge >= 0.3 is 0 Å². The van der Waals surface area contributed by atoms with Gasteiger partial charge in [-0.2, -0.15) is 0 Å². The molecule has 37 heavy (non-hydrogen) atoms. The van der Waals surface area contributed by atoms with E-state index in [1.807, 2.05) is 0 Å². The van der Waals surface area contributed by atoms with Crippen LogP contribution in [-0.2, 0) is 10.0 Å². The minimum atomic E-state index is -4.04. The Bertz CT molecular complexity index is 1380. The Morgan fingerprint density at radius 1 is 1.14 bits per heavy atom. The summed E-state index contributed by atoms with van der Waals surface area (Å²) in [5.41, 5.74) is -0.117. The molecule has 1 saturated heterocycles. The van der Waals surface area contributed by atoms with Crippen molar-refractivity contribution in [3.05, 3.63) is 60.3 Å². The number of amides is 1. The number of nitrogens with one attached hydrogen (secondary N) is 1. The Morgan fingerprint density at radius 2 is 1.84 bits per heavy atom. The number of pyridine rings is 1. The molecule has 10 heteroatoms. The normalized spacial score (nSPS) is 17.6. The highest BCUT2D eigenvalue weighted by Crippen LogP contribution is 2.39. The van der Waals surface area contributed by atoms with Crippen molar-refractivity contribution in [2.24, 2.45) is 11.3 Å². The van der Waals surface area contributed by atoms with E-state index in [1.54, 1.807) is 47.3 Å². The number of sulfonamides is 1. The topological polar surface area (TPSA) is 106 Å². The van der Waals surface area contributed by atoms with Crippen LogP contribution in [0.2, 0.25) is 0 Å². The van der Waals surface area contributed by atoms with Crippen molar-refractivity contribution in [3.8, 4) is 11.7 Å². The van der Waals surface area contributed by atoms with Gasteiger partial charge in [0.05, 0.1) is 17.1 Å². The van der Waals surface area contributed by atoms with Gasteiger partial charge in [-0.05, 0) is 55.9 Å². The summed E-state index contributed by atoms with van der Waals surface area (Å²) >= 11 is 0. The van der Waals surface area contributed by atoms with E-state index in [2.05, 4.69) is 56.3 Å². The number of nitrogens with zero attached hydrogens (tertiary/aromatic N) is 4. The molecule has 0 saturated carbocycles. The van der Waals surface area contributed by atoms with Gasteiger partial charge in [0.1, 0.15) is 5.82 Å². The molecule has 3 heterocycles. The number of hydrogen-bond donors (Lipinski definition) is 1. The Labute approximate surface area is 218 Å². The van der Waals surface area contributed by atoms with Gasteiger partial charge < -0.3 is 9.64 Å². The fraction of sp³-hybridized carbons (Fsp3) is 0.444. The number of carbonyl (C=O) groups is 1. The lowest BCUT2D eigenvalue weighted by atomic mass is 9.90. The molecule has 0 aliphatic carbocycles. The van der Waals surface area contributed by atoms with Crippen LogP contribution in [-0.4, -0.2) is 47.8 Å². The first-order valence-electron chi connectivity index (χ1n) is 12.4. The van der Waals surface area contributed by atoms with Gasteiger partial charge in [-0.1, -0.05) is 45.9 Å². The maximum Gasteiger partial charge on any atom is 0.268 e.